The van der Waals surface area contributed by atoms with Crippen LogP contribution in [0.5, 0.6) is 0 Å². The Morgan fingerprint density at radius 3 is 2.31 bits per heavy atom. The molecule has 0 aliphatic carbocycles. The molecular formula is C12H10Br2N2. The quantitative estimate of drug-likeness (QED) is 0.635. The lowest BCUT2D eigenvalue weighted by molar-refractivity contribution is 1.34. The van der Waals surface area contributed by atoms with E-state index in [0.717, 1.165) is 25.8 Å². The van der Waals surface area contributed by atoms with Crippen LogP contribution in [0, 0.1) is 0 Å². The maximum atomic E-state index is 5.53. The zero-order valence-electron chi connectivity index (χ0n) is 8.37. The Kier molecular flexibility index (Phi) is 3.63. The van der Waals surface area contributed by atoms with Crippen LogP contribution in [0.3, 0.4) is 0 Å². The van der Waals surface area contributed by atoms with E-state index in [1.807, 2.05) is 30.3 Å². The van der Waals surface area contributed by atoms with Gasteiger partial charge in [-0.05, 0) is 17.7 Å². The molecule has 0 aromatic heterocycles. The molecule has 82 valence electrons. The van der Waals surface area contributed by atoms with Crippen molar-refractivity contribution in [3.63, 3.8) is 0 Å². The summed E-state index contributed by atoms with van der Waals surface area (Å²) in [5.74, 6) is 5.53. The Hall–Kier alpha value is -0.840. The molecule has 0 atom stereocenters. The molecule has 3 N–H and O–H groups in total. The van der Waals surface area contributed by atoms with E-state index in [9.17, 15) is 0 Å². The highest BCUT2D eigenvalue weighted by Gasteiger charge is 2.09. The van der Waals surface area contributed by atoms with Crippen molar-refractivity contribution in [1.29, 1.82) is 0 Å². The average Bonchev–Trinajstić information content (AvgIpc) is 2.29. The summed E-state index contributed by atoms with van der Waals surface area (Å²) in [6.45, 7) is 0. The third-order valence-corrected chi connectivity index (χ3v) is 3.36. The first-order valence-electron chi connectivity index (χ1n) is 4.73. The van der Waals surface area contributed by atoms with Crippen molar-refractivity contribution in [3.05, 3.63) is 51.4 Å². The van der Waals surface area contributed by atoms with Crippen LogP contribution in [-0.2, 0) is 0 Å². The number of hydrogen-bond acceptors (Lipinski definition) is 2. The highest BCUT2D eigenvalue weighted by atomic mass is 79.9. The predicted molar refractivity (Wildman–Crippen MR) is 75.1 cm³/mol. The van der Waals surface area contributed by atoms with Gasteiger partial charge in [-0.1, -0.05) is 62.2 Å². The van der Waals surface area contributed by atoms with Gasteiger partial charge < -0.3 is 5.43 Å². The van der Waals surface area contributed by atoms with E-state index < -0.39 is 0 Å². The van der Waals surface area contributed by atoms with Crippen molar-refractivity contribution in [1.82, 2.24) is 0 Å². The first kappa shape index (κ1) is 11.6. The molecule has 0 unspecified atom stereocenters. The van der Waals surface area contributed by atoms with Gasteiger partial charge in [0, 0.05) is 14.5 Å². The molecule has 0 saturated carbocycles. The summed E-state index contributed by atoms with van der Waals surface area (Å²) >= 11 is 6.98. The van der Waals surface area contributed by atoms with Crippen LogP contribution in [0.15, 0.2) is 51.4 Å². The second-order valence-corrected chi connectivity index (χ2v) is 5.09. The summed E-state index contributed by atoms with van der Waals surface area (Å²) in [7, 11) is 0. The Morgan fingerprint density at radius 2 is 1.69 bits per heavy atom. The summed E-state index contributed by atoms with van der Waals surface area (Å²) in [4.78, 5) is 0. The van der Waals surface area contributed by atoms with Gasteiger partial charge >= 0.3 is 0 Å². The van der Waals surface area contributed by atoms with Gasteiger partial charge in [-0.3, -0.25) is 5.84 Å². The molecule has 0 aliphatic rings. The molecular weight excluding hydrogens is 332 g/mol. The van der Waals surface area contributed by atoms with E-state index in [-0.39, 0.29) is 0 Å². The fourth-order valence-corrected chi connectivity index (χ4v) is 3.04. The lowest BCUT2D eigenvalue weighted by atomic mass is 10.0. The van der Waals surface area contributed by atoms with E-state index in [0.29, 0.717) is 0 Å². The topological polar surface area (TPSA) is 38.0 Å². The normalized spacial score (nSPS) is 10.2. The summed E-state index contributed by atoms with van der Waals surface area (Å²) in [5, 5.41) is 0. The van der Waals surface area contributed by atoms with Crippen LogP contribution in [0.1, 0.15) is 0 Å². The van der Waals surface area contributed by atoms with E-state index in [4.69, 9.17) is 5.84 Å². The fraction of sp³-hybridized carbons (Fsp3) is 0. The minimum atomic E-state index is 0.882. The van der Waals surface area contributed by atoms with Gasteiger partial charge in [0.15, 0.2) is 0 Å². The number of benzene rings is 2. The zero-order chi connectivity index (χ0) is 11.5. The van der Waals surface area contributed by atoms with Gasteiger partial charge in [0.05, 0.1) is 5.69 Å². The first-order valence-corrected chi connectivity index (χ1v) is 6.32. The monoisotopic (exact) mass is 340 g/mol. The molecule has 0 fully saturated rings. The smallest absolute Gasteiger partial charge is 0.0586 e. The standard InChI is InChI=1S/C12H10Br2N2/c13-9-6-10(14)12(11(7-9)16-15)8-4-2-1-3-5-8/h1-7,16H,15H2. The molecule has 0 spiro atoms. The van der Waals surface area contributed by atoms with Crippen LogP contribution in [0.25, 0.3) is 11.1 Å². The van der Waals surface area contributed by atoms with Gasteiger partial charge in [0.25, 0.3) is 0 Å². The number of nitrogens with one attached hydrogen (secondary N) is 1. The summed E-state index contributed by atoms with van der Waals surface area (Å²) in [6.07, 6.45) is 0. The molecule has 0 saturated heterocycles. The summed E-state index contributed by atoms with van der Waals surface area (Å²) in [5.41, 5.74) is 5.78. The van der Waals surface area contributed by atoms with Crippen molar-refractivity contribution >= 4 is 37.5 Å². The van der Waals surface area contributed by atoms with Crippen LogP contribution < -0.4 is 11.3 Å². The maximum Gasteiger partial charge on any atom is 0.0586 e. The molecule has 2 nitrogen and oxygen atoms in total. The van der Waals surface area contributed by atoms with E-state index in [2.05, 4.69) is 49.4 Å². The van der Waals surface area contributed by atoms with Gasteiger partial charge in [0.1, 0.15) is 0 Å². The number of nitrogen functional groups attached to an aromatic ring is 1. The number of hydrogen-bond donors (Lipinski definition) is 2. The molecule has 2 aromatic carbocycles. The van der Waals surface area contributed by atoms with Gasteiger partial charge in [-0.25, -0.2) is 0 Å². The predicted octanol–water partition coefficient (Wildman–Crippen LogP) is 4.16. The number of anilines is 1. The van der Waals surface area contributed by atoms with Gasteiger partial charge in [-0.2, -0.15) is 0 Å². The Balaban J connectivity index is 2.64. The third-order valence-electron chi connectivity index (χ3n) is 2.27. The largest absolute Gasteiger partial charge is 0.323 e. The highest BCUT2D eigenvalue weighted by molar-refractivity contribution is 9.11. The first-order chi connectivity index (χ1) is 7.72. The molecule has 2 aromatic rings. The van der Waals surface area contributed by atoms with E-state index >= 15 is 0 Å². The lowest BCUT2D eigenvalue weighted by Gasteiger charge is -2.12. The van der Waals surface area contributed by atoms with Crippen LogP contribution >= 0.6 is 31.9 Å². The Morgan fingerprint density at radius 1 is 1.00 bits per heavy atom. The molecule has 0 radical (unpaired) electrons. The Labute approximate surface area is 111 Å². The zero-order valence-corrected chi connectivity index (χ0v) is 11.5. The van der Waals surface area contributed by atoms with Crippen LogP contribution in [0.4, 0.5) is 5.69 Å². The molecule has 16 heavy (non-hydrogen) atoms. The number of hydrazine groups is 1. The van der Waals surface area contributed by atoms with Crippen molar-refractivity contribution in [2.75, 3.05) is 5.43 Å². The maximum absolute atomic E-state index is 5.53. The van der Waals surface area contributed by atoms with Gasteiger partial charge in [0.2, 0.25) is 0 Å². The fourth-order valence-electron chi connectivity index (χ4n) is 1.59. The molecule has 0 heterocycles. The molecule has 4 heteroatoms. The van der Waals surface area contributed by atoms with E-state index in [1.165, 1.54) is 0 Å². The minimum absolute atomic E-state index is 0.882. The van der Waals surface area contributed by atoms with Gasteiger partial charge in [-0.15, -0.1) is 0 Å². The molecule has 0 aliphatic heterocycles. The number of rotatable bonds is 2. The number of nitrogens with two attached hydrogens (primary N) is 1. The molecule has 0 amide bonds. The second-order valence-electron chi connectivity index (χ2n) is 3.32. The minimum Gasteiger partial charge on any atom is -0.323 e. The number of halogens is 2. The Bertz CT molecular complexity index is 498. The van der Waals surface area contributed by atoms with Crippen LogP contribution in [0.2, 0.25) is 0 Å². The summed E-state index contributed by atoms with van der Waals surface area (Å²) < 4.78 is 1.98. The molecule has 2 rings (SSSR count). The molecule has 0 bridgehead atoms. The van der Waals surface area contributed by atoms with E-state index in [1.54, 1.807) is 0 Å². The summed E-state index contributed by atoms with van der Waals surface area (Å²) in [6, 6.07) is 14.1. The average molecular weight is 342 g/mol. The van der Waals surface area contributed by atoms with Crippen molar-refractivity contribution in [2.24, 2.45) is 5.84 Å². The van der Waals surface area contributed by atoms with Crippen molar-refractivity contribution < 1.29 is 0 Å². The lowest BCUT2D eigenvalue weighted by Crippen LogP contribution is -2.08. The highest BCUT2D eigenvalue weighted by Crippen LogP contribution is 2.37. The van der Waals surface area contributed by atoms with Crippen molar-refractivity contribution in [3.8, 4) is 11.1 Å². The SMILES string of the molecule is NNc1cc(Br)cc(Br)c1-c1ccccc1. The van der Waals surface area contributed by atoms with Crippen LogP contribution in [-0.4, -0.2) is 0 Å². The third kappa shape index (κ3) is 2.29. The second kappa shape index (κ2) is 4.99. The van der Waals surface area contributed by atoms with Crippen molar-refractivity contribution in [2.45, 2.75) is 0 Å².